The van der Waals surface area contributed by atoms with Gasteiger partial charge in [-0.2, -0.15) is 0 Å². The smallest absolute Gasteiger partial charge is 0.354 e. The highest BCUT2D eigenvalue weighted by molar-refractivity contribution is 7.92. The Morgan fingerprint density at radius 1 is 1.43 bits per heavy atom. The molecule has 0 aliphatic carbocycles. The maximum Gasteiger partial charge on any atom is 0.354 e. The number of hydrogen-bond donors (Lipinski definition) is 0. The first-order valence-corrected chi connectivity index (χ1v) is 7.98. The molecule has 2 aliphatic rings. The van der Waals surface area contributed by atoms with Crippen molar-refractivity contribution in [3.05, 3.63) is 11.3 Å². The lowest BCUT2D eigenvalue weighted by atomic mass is 10.1. The average molecular weight is 338 g/mol. The number of ether oxygens (including phenoxy) is 2. The molecule has 116 valence electrons. The third-order valence-electron chi connectivity index (χ3n) is 3.13. The first-order valence-electron chi connectivity index (χ1n) is 5.83. The molecule has 2 rings (SSSR count). The van der Waals surface area contributed by atoms with Gasteiger partial charge in [-0.1, -0.05) is 0 Å². The molecule has 21 heavy (non-hydrogen) atoms. The molecule has 1 saturated heterocycles. The molecule has 0 bridgehead atoms. The molecule has 0 radical (unpaired) electrons. The SMILES string of the molecule is COC(=O)C1=C(COC(C)=O)CS(=O)(=O)C2[C@@H](Cl)C(=O)N12. The predicted octanol–water partition coefficient (Wildman–Crippen LogP) is -0.819. The van der Waals surface area contributed by atoms with Crippen molar-refractivity contribution in [2.45, 2.75) is 17.7 Å². The van der Waals surface area contributed by atoms with Gasteiger partial charge in [-0.3, -0.25) is 14.5 Å². The Morgan fingerprint density at radius 2 is 2.05 bits per heavy atom. The van der Waals surface area contributed by atoms with Crippen LogP contribution < -0.4 is 0 Å². The zero-order valence-electron chi connectivity index (χ0n) is 11.2. The molecule has 2 atom stereocenters. The van der Waals surface area contributed by atoms with E-state index in [1.54, 1.807) is 0 Å². The molecule has 8 nitrogen and oxygen atoms in total. The maximum atomic E-state index is 12.1. The normalized spacial score (nSPS) is 26.8. The van der Waals surface area contributed by atoms with E-state index in [1.165, 1.54) is 0 Å². The Morgan fingerprint density at radius 3 is 2.57 bits per heavy atom. The van der Waals surface area contributed by atoms with E-state index >= 15 is 0 Å². The standard InChI is InChI=1S/C11H12ClNO7S/c1-5(14)20-3-6-4-21(17,18)10-7(12)9(15)13(10)8(6)11(16)19-2/h7,10H,3-4H2,1-2H3/t7-,10?/m0/s1. The number of rotatable bonds is 3. The van der Waals surface area contributed by atoms with E-state index in [2.05, 4.69) is 4.74 Å². The number of β-lactam (4-membered cyclic amide) rings is 1. The molecule has 0 spiro atoms. The van der Waals surface area contributed by atoms with E-state index in [9.17, 15) is 22.8 Å². The summed E-state index contributed by atoms with van der Waals surface area (Å²) in [5.41, 5.74) is -0.231. The van der Waals surface area contributed by atoms with Gasteiger partial charge in [-0.15, -0.1) is 11.6 Å². The van der Waals surface area contributed by atoms with Gasteiger partial charge < -0.3 is 9.47 Å². The van der Waals surface area contributed by atoms with E-state index in [1.807, 2.05) is 0 Å². The van der Waals surface area contributed by atoms with Crippen LogP contribution in [0.4, 0.5) is 0 Å². The Balaban J connectivity index is 2.48. The van der Waals surface area contributed by atoms with Crippen molar-refractivity contribution in [3.63, 3.8) is 0 Å². The van der Waals surface area contributed by atoms with Gasteiger partial charge in [0.25, 0.3) is 0 Å². The summed E-state index contributed by atoms with van der Waals surface area (Å²) in [6, 6.07) is 0. The third-order valence-corrected chi connectivity index (χ3v) is 5.67. The molecule has 1 unspecified atom stereocenters. The second-order valence-electron chi connectivity index (χ2n) is 4.53. The molecule has 0 aromatic heterocycles. The van der Waals surface area contributed by atoms with Crippen LogP contribution in [0.25, 0.3) is 0 Å². The second kappa shape index (κ2) is 5.30. The molecule has 0 aromatic rings. The molecule has 2 heterocycles. The Kier molecular flexibility index (Phi) is 3.98. The van der Waals surface area contributed by atoms with Crippen molar-refractivity contribution in [3.8, 4) is 0 Å². The van der Waals surface area contributed by atoms with Crippen molar-refractivity contribution in [1.82, 2.24) is 4.90 Å². The van der Waals surface area contributed by atoms with Gasteiger partial charge in [0, 0.05) is 12.5 Å². The molecular formula is C11H12ClNO7S. The van der Waals surface area contributed by atoms with Crippen LogP contribution in [0.1, 0.15) is 6.92 Å². The summed E-state index contributed by atoms with van der Waals surface area (Å²) in [6.45, 7) is 0.727. The molecule has 1 fully saturated rings. The van der Waals surface area contributed by atoms with Gasteiger partial charge in [0.05, 0.1) is 12.9 Å². The molecule has 10 heteroatoms. The fourth-order valence-corrected chi connectivity index (χ4v) is 4.79. The minimum Gasteiger partial charge on any atom is -0.464 e. The summed E-state index contributed by atoms with van der Waals surface area (Å²) in [4.78, 5) is 35.3. The van der Waals surface area contributed by atoms with E-state index in [4.69, 9.17) is 16.3 Å². The Hall–Kier alpha value is -1.61. The number of halogens is 1. The number of hydrogen-bond acceptors (Lipinski definition) is 7. The first-order chi connectivity index (χ1) is 9.70. The highest BCUT2D eigenvalue weighted by Gasteiger charge is 2.59. The summed E-state index contributed by atoms with van der Waals surface area (Å²) < 4.78 is 33.5. The van der Waals surface area contributed by atoms with Crippen LogP contribution in [0.3, 0.4) is 0 Å². The average Bonchev–Trinajstić information content (AvgIpc) is 2.41. The number of amides is 1. The molecule has 0 N–H and O–H groups in total. The molecule has 2 aliphatic heterocycles. The Labute approximate surface area is 125 Å². The molecule has 0 aromatic carbocycles. The number of esters is 2. The van der Waals surface area contributed by atoms with Crippen LogP contribution in [0.2, 0.25) is 0 Å². The summed E-state index contributed by atoms with van der Waals surface area (Å²) >= 11 is 5.72. The van der Waals surface area contributed by atoms with E-state index in [-0.39, 0.29) is 11.3 Å². The number of methoxy groups -OCH3 is 1. The zero-order valence-corrected chi connectivity index (χ0v) is 12.7. The van der Waals surface area contributed by atoms with Gasteiger partial charge in [-0.05, 0) is 0 Å². The van der Waals surface area contributed by atoms with Crippen molar-refractivity contribution < 1.29 is 32.3 Å². The summed E-state index contributed by atoms with van der Waals surface area (Å²) in [6.07, 6.45) is 0. The number of nitrogens with zero attached hydrogens (tertiary/aromatic N) is 1. The summed E-state index contributed by atoms with van der Waals surface area (Å²) in [7, 11) is -2.66. The highest BCUT2D eigenvalue weighted by atomic mass is 35.5. The lowest BCUT2D eigenvalue weighted by molar-refractivity contribution is -0.148. The van der Waals surface area contributed by atoms with Gasteiger partial charge in [0.15, 0.2) is 15.2 Å². The fourth-order valence-electron chi connectivity index (χ4n) is 2.21. The first kappa shape index (κ1) is 15.8. The maximum absolute atomic E-state index is 12.1. The zero-order chi connectivity index (χ0) is 15.9. The number of fused-ring (bicyclic) bond motifs is 1. The van der Waals surface area contributed by atoms with Crippen LogP contribution in [0.15, 0.2) is 11.3 Å². The van der Waals surface area contributed by atoms with Crippen LogP contribution in [0, 0.1) is 0 Å². The van der Waals surface area contributed by atoms with Crippen LogP contribution in [0.5, 0.6) is 0 Å². The van der Waals surface area contributed by atoms with Crippen molar-refractivity contribution in [1.29, 1.82) is 0 Å². The van der Waals surface area contributed by atoms with Gasteiger partial charge in [0.1, 0.15) is 17.7 Å². The van der Waals surface area contributed by atoms with Crippen LogP contribution >= 0.6 is 11.6 Å². The monoisotopic (exact) mass is 337 g/mol. The number of carbonyl (C=O) groups excluding carboxylic acids is 3. The lowest BCUT2D eigenvalue weighted by Gasteiger charge is -2.46. The highest BCUT2D eigenvalue weighted by Crippen LogP contribution is 2.39. The minimum absolute atomic E-state index is 0.00906. The van der Waals surface area contributed by atoms with E-state index in [0.717, 1.165) is 18.9 Å². The van der Waals surface area contributed by atoms with Gasteiger partial charge in [-0.25, -0.2) is 13.2 Å². The number of sulfone groups is 1. The van der Waals surface area contributed by atoms with Crippen LogP contribution in [-0.4, -0.2) is 61.4 Å². The number of alkyl halides is 1. The topological polar surface area (TPSA) is 107 Å². The molecule has 1 amide bonds. The largest absolute Gasteiger partial charge is 0.464 e. The summed E-state index contributed by atoms with van der Waals surface area (Å²) in [5.74, 6) is -2.75. The van der Waals surface area contributed by atoms with Crippen LogP contribution in [-0.2, 0) is 33.7 Å². The minimum atomic E-state index is -3.76. The predicted molar refractivity (Wildman–Crippen MR) is 69.7 cm³/mol. The van der Waals surface area contributed by atoms with Gasteiger partial charge >= 0.3 is 11.9 Å². The fraction of sp³-hybridized carbons (Fsp3) is 0.545. The summed E-state index contributed by atoms with van der Waals surface area (Å²) in [5, 5.41) is -2.52. The number of carbonyl (C=O) groups is 3. The second-order valence-corrected chi connectivity index (χ2v) is 7.10. The van der Waals surface area contributed by atoms with E-state index in [0.29, 0.717) is 0 Å². The van der Waals surface area contributed by atoms with Crippen molar-refractivity contribution in [2.75, 3.05) is 19.5 Å². The van der Waals surface area contributed by atoms with Crippen molar-refractivity contribution >= 4 is 39.3 Å². The van der Waals surface area contributed by atoms with Crippen molar-refractivity contribution in [2.24, 2.45) is 0 Å². The molecule has 0 saturated carbocycles. The quantitative estimate of drug-likeness (QED) is 0.376. The third kappa shape index (κ3) is 2.51. The van der Waals surface area contributed by atoms with Gasteiger partial charge in [0.2, 0.25) is 5.91 Å². The van der Waals surface area contributed by atoms with E-state index < -0.39 is 50.8 Å². The molecular weight excluding hydrogens is 326 g/mol. The lowest BCUT2D eigenvalue weighted by Crippen LogP contribution is -2.68. The Bertz CT molecular complexity index is 653.